The van der Waals surface area contributed by atoms with Crippen molar-refractivity contribution in [3.8, 4) is 51.0 Å². The normalized spacial score (nSPS) is 12.5. The zero-order chi connectivity index (χ0) is 38.7. The fourth-order valence-electron chi connectivity index (χ4n) is 6.53. The molecule has 0 radical (unpaired) electrons. The van der Waals surface area contributed by atoms with Gasteiger partial charge in [-0.3, -0.25) is 0 Å². The van der Waals surface area contributed by atoms with E-state index in [1.165, 1.54) is 47.0 Å². The second-order valence-corrected chi connectivity index (χ2v) is 12.6. The van der Waals surface area contributed by atoms with Gasteiger partial charge in [-0.05, 0) is 59.7 Å². The molecule has 0 aliphatic carbocycles. The third-order valence-corrected chi connectivity index (χ3v) is 9.15. The second kappa shape index (κ2) is 13.1. The Morgan fingerprint density at radius 1 is 0.364 bits per heavy atom. The van der Waals surface area contributed by atoms with Crippen LogP contribution in [0.5, 0.6) is 0 Å². The molecule has 0 fully saturated rings. The van der Waals surface area contributed by atoms with Crippen LogP contribution in [-0.2, 0) is 18.5 Å². The number of halogens is 9. The summed E-state index contributed by atoms with van der Waals surface area (Å²) in [6, 6.07) is 32.6. The number of hydrogen-bond donors (Lipinski definition) is 0. The van der Waals surface area contributed by atoms with Gasteiger partial charge in [-0.15, -0.1) is 0 Å². The van der Waals surface area contributed by atoms with E-state index in [1.54, 1.807) is 60.7 Å². The Morgan fingerprint density at radius 3 is 1.25 bits per heavy atom. The largest absolute Gasteiger partial charge is 0.416 e. The molecule has 0 spiro atoms. The molecule has 0 amide bonds. The molecule has 13 heteroatoms. The summed E-state index contributed by atoms with van der Waals surface area (Å²) in [5.41, 5.74) is -0.722. The summed E-state index contributed by atoms with van der Waals surface area (Å²) in [5.74, 6) is 0.543. The third-order valence-electron chi connectivity index (χ3n) is 9.15. The summed E-state index contributed by atoms with van der Waals surface area (Å²) in [6.07, 6.45) is -14.1. The van der Waals surface area contributed by atoms with E-state index in [1.807, 2.05) is 0 Å². The average Bonchev–Trinajstić information content (AvgIpc) is 3.50. The summed E-state index contributed by atoms with van der Waals surface area (Å²) >= 11 is 0. The summed E-state index contributed by atoms with van der Waals surface area (Å²) in [6.45, 7) is 0. The van der Waals surface area contributed by atoms with E-state index >= 15 is 0 Å². The lowest BCUT2D eigenvalue weighted by atomic mass is 9.97. The topological polar surface area (TPSA) is 43.6 Å². The van der Waals surface area contributed by atoms with Gasteiger partial charge in [-0.2, -0.15) is 39.5 Å². The minimum absolute atomic E-state index is 0.0250. The Labute approximate surface area is 306 Å². The first-order valence-electron chi connectivity index (χ1n) is 16.6. The first kappa shape index (κ1) is 35.5. The smallest absolute Gasteiger partial charge is 0.309 e. The van der Waals surface area contributed by atoms with Gasteiger partial charge in [-0.1, -0.05) is 91.0 Å². The summed E-state index contributed by atoms with van der Waals surface area (Å²) in [4.78, 5) is 14.2. The summed E-state index contributed by atoms with van der Waals surface area (Å²) in [7, 11) is 0. The molecule has 2 aromatic heterocycles. The molecule has 6 aromatic carbocycles. The van der Waals surface area contributed by atoms with E-state index in [4.69, 9.17) is 15.0 Å². The van der Waals surface area contributed by atoms with Crippen molar-refractivity contribution in [1.82, 2.24) is 19.5 Å². The van der Waals surface area contributed by atoms with Crippen molar-refractivity contribution in [2.24, 2.45) is 0 Å². The Balaban J connectivity index is 1.45. The van der Waals surface area contributed by atoms with E-state index in [0.717, 1.165) is 36.4 Å². The highest BCUT2D eigenvalue weighted by Crippen LogP contribution is 2.42. The van der Waals surface area contributed by atoms with Gasteiger partial charge < -0.3 is 4.57 Å². The lowest BCUT2D eigenvalue weighted by molar-refractivity contribution is -0.138. The molecular formula is C42H23F9N4. The third kappa shape index (κ3) is 6.77. The van der Waals surface area contributed by atoms with Gasteiger partial charge in [-0.25, -0.2) is 15.0 Å². The summed E-state index contributed by atoms with van der Waals surface area (Å²) in [5, 5.41) is 0.533. The van der Waals surface area contributed by atoms with Crippen LogP contribution < -0.4 is 0 Å². The quantitative estimate of drug-likeness (QED) is 0.164. The molecule has 4 nitrogen and oxygen atoms in total. The number of hydrogen-bond acceptors (Lipinski definition) is 3. The van der Waals surface area contributed by atoms with Crippen molar-refractivity contribution in [3.05, 3.63) is 156 Å². The SMILES string of the molecule is FC(F)(F)c1ccc(-c2ccc(-n3c4cc(C(F)(F)F)ccc4c4ccc(C(F)(F)F)cc43)cc2-c2nc(-c3ccccc3)nc(-c3ccccc3)n2)cc1. The van der Waals surface area contributed by atoms with Crippen LogP contribution in [0.4, 0.5) is 39.5 Å². The van der Waals surface area contributed by atoms with Crippen LogP contribution in [0, 0.1) is 0 Å². The molecule has 0 N–H and O–H groups in total. The Hall–Kier alpha value is -6.50. The number of aromatic nitrogens is 4. The molecule has 8 aromatic rings. The first-order chi connectivity index (χ1) is 26.1. The molecule has 0 unspecified atom stereocenters. The van der Waals surface area contributed by atoms with Crippen molar-refractivity contribution in [1.29, 1.82) is 0 Å². The van der Waals surface area contributed by atoms with Crippen molar-refractivity contribution < 1.29 is 39.5 Å². The molecule has 8 rings (SSSR count). The molecule has 2 heterocycles. The molecule has 0 bridgehead atoms. The van der Waals surface area contributed by atoms with Crippen molar-refractivity contribution in [2.45, 2.75) is 18.5 Å². The molecule has 0 aliphatic heterocycles. The molecule has 0 saturated carbocycles. The highest BCUT2D eigenvalue weighted by Gasteiger charge is 2.34. The highest BCUT2D eigenvalue weighted by molar-refractivity contribution is 6.10. The van der Waals surface area contributed by atoms with Crippen molar-refractivity contribution >= 4 is 21.8 Å². The lowest BCUT2D eigenvalue weighted by Crippen LogP contribution is -2.06. The maximum atomic E-state index is 14.1. The number of fused-ring (bicyclic) bond motifs is 3. The zero-order valence-corrected chi connectivity index (χ0v) is 28.0. The first-order valence-corrected chi connectivity index (χ1v) is 16.6. The van der Waals surface area contributed by atoms with Crippen LogP contribution in [-0.4, -0.2) is 19.5 Å². The maximum absolute atomic E-state index is 14.1. The lowest BCUT2D eigenvalue weighted by Gasteiger charge is -2.16. The fraction of sp³-hybridized carbons (Fsp3) is 0.0714. The van der Waals surface area contributed by atoms with Crippen LogP contribution in [0.1, 0.15) is 16.7 Å². The predicted octanol–water partition coefficient (Wildman–Crippen LogP) is 12.7. The monoisotopic (exact) mass is 754 g/mol. The molecular weight excluding hydrogens is 731 g/mol. The minimum Gasteiger partial charge on any atom is -0.309 e. The molecule has 274 valence electrons. The molecule has 55 heavy (non-hydrogen) atoms. The van der Waals surface area contributed by atoms with E-state index in [-0.39, 0.29) is 50.5 Å². The van der Waals surface area contributed by atoms with Crippen molar-refractivity contribution in [2.75, 3.05) is 0 Å². The van der Waals surface area contributed by atoms with E-state index in [0.29, 0.717) is 22.3 Å². The minimum atomic E-state index is -4.77. The van der Waals surface area contributed by atoms with E-state index < -0.39 is 35.2 Å². The number of nitrogens with zero attached hydrogens (tertiary/aromatic N) is 4. The van der Waals surface area contributed by atoms with Gasteiger partial charge in [0.2, 0.25) is 0 Å². The van der Waals surface area contributed by atoms with Crippen LogP contribution in [0.2, 0.25) is 0 Å². The van der Waals surface area contributed by atoms with Gasteiger partial charge in [0.1, 0.15) is 0 Å². The van der Waals surface area contributed by atoms with Gasteiger partial charge >= 0.3 is 18.5 Å². The zero-order valence-electron chi connectivity index (χ0n) is 28.0. The molecule has 0 aliphatic rings. The fourth-order valence-corrected chi connectivity index (χ4v) is 6.53. The van der Waals surface area contributed by atoms with Gasteiger partial charge in [0.05, 0.1) is 27.7 Å². The van der Waals surface area contributed by atoms with E-state index in [2.05, 4.69) is 0 Å². The van der Waals surface area contributed by atoms with Gasteiger partial charge in [0.25, 0.3) is 0 Å². The van der Waals surface area contributed by atoms with Crippen LogP contribution in [0.25, 0.3) is 72.8 Å². The number of rotatable bonds is 5. The van der Waals surface area contributed by atoms with Gasteiger partial charge in [0.15, 0.2) is 17.5 Å². The average molecular weight is 755 g/mol. The highest BCUT2D eigenvalue weighted by atomic mass is 19.4. The standard InChI is InChI=1S/C42H23F9N4/c43-40(44,45)27-13-11-24(12-14-27)31-20-17-30(23-34(31)39-53-37(25-7-3-1-4-8-25)52-38(54-39)26-9-5-2-6-10-26)55-35-21-28(41(46,47)48)15-18-32(35)33-19-16-29(22-36(33)55)42(49,50)51/h1-23H. The Kier molecular flexibility index (Phi) is 8.47. The van der Waals surface area contributed by atoms with Crippen LogP contribution in [0.3, 0.4) is 0 Å². The summed E-state index contributed by atoms with van der Waals surface area (Å²) < 4.78 is 126. The van der Waals surface area contributed by atoms with Crippen LogP contribution >= 0.6 is 0 Å². The van der Waals surface area contributed by atoms with Gasteiger partial charge in [0, 0.05) is 33.2 Å². The maximum Gasteiger partial charge on any atom is 0.416 e. The second-order valence-electron chi connectivity index (χ2n) is 12.6. The van der Waals surface area contributed by atoms with Crippen molar-refractivity contribution in [3.63, 3.8) is 0 Å². The Morgan fingerprint density at radius 2 is 0.800 bits per heavy atom. The van der Waals surface area contributed by atoms with Crippen LogP contribution in [0.15, 0.2) is 140 Å². The number of alkyl halides is 9. The predicted molar refractivity (Wildman–Crippen MR) is 191 cm³/mol. The number of benzene rings is 6. The Bertz CT molecular complexity index is 2570. The van der Waals surface area contributed by atoms with E-state index in [9.17, 15) is 39.5 Å². The molecule has 0 saturated heterocycles. The molecule has 0 atom stereocenters.